The van der Waals surface area contributed by atoms with Crippen molar-refractivity contribution in [2.45, 2.75) is 19.3 Å². The molecule has 0 aliphatic heterocycles. The molecule has 1 heteroatoms. The topological polar surface area (TPSA) is 12.9 Å². The Balaban J connectivity index is 0.915. The van der Waals surface area contributed by atoms with Crippen molar-refractivity contribution < 1.29 is 0 Å². The third kappa shape index (κ3) is 5.50. The maximum atomic E-state index is 4.48. The largest absolute Gasteiger partial charge is 0.264 e. The Kier molecular flexibility index (Phi) is 7.59. The van der Waals surface area contributed by atoms with Gasteiger partial charge in [0.1, 0.15) is 0 Å². The van der Waals surface area contributed by atoms with E-state index in [4.69, 9.17) is 0 Å². The SMILES string of the molecule is CC1(C)c2ccccc2-c2cc(-c3cccc(-c4cccc(-c5cccc(-c6cccc(-c7ccc8c9cnccc9c9ccccc9c8c7)c6)c5)c4)c3)ccc21. The van der Waals surface area contributed by atoms with E-state index in [0.29, 0.717) is 0 Å². The van der Waals surface area contributed by atoms with Crippen molar-refractivity contribution >= 4 is 32.3 Å². The zero-order valence-corrected chi connectivity index (χ0v) is 32.0. The molecule has 268 valence electrons. The molecule has 9 aromatic carbocycles. The van der Waals surface area contributed by atoms with Gasteiger partial charge < -0.3 is 0 Å². The molecule has 1 nitrogen and oxygen atoms in total. The Bertz CT molecular complexity index is 3180. The lowest BCUT2D eigenvalue weighted by Gasteiger charge is -2.21. The van der Waals surface area contributed by atoms with Crippen LogP contribution in [-0.2, 0) is 5.41 Å². The third-order valence-electron chi connectivity index (χ3n) is 12.3. The van der Waals surface area contributed by atoms with E-state index in [0.717, 1.165) is 0 Å². The van der Waals surface area contributed by atoms with Gasteiger partial charge in [-0.25, -0.2) is 0 Å². The normalized spacial score (nSPS) is 12.9. The van der Waals surface area contributed by atoms with Gasteiger partial charge in [-0.1, -0.05) is 159 Å². The molecule has 0 amide bonds. The summed E-state index contributed by atoms with van der Waals surface area (Å²) in [6, 6.07) is 69.5. The zero-order valence-electron chi connectivity index (χ0n) is 32.0. The molecule has 0 unspecified atom stereocenters. The Labute approximate surface area is 333 Å². The molecular weight excluding hydrogens is 687 g/mol. The van der Waals surface area contributed by atoms with Crippen LogP contribution in [-0.4, -0.2) is 4.98 Å². The van der Waals surface area contributed by atoms with Crippen molar-refractivity contribution in [1.29, 1.82) is 0 Å². The summed E-state index contributed by atoms with van der Waals surface area (Å²) in [4.78, 5) is 4.48. The van der Waals surface area contributed by atoms with Crippen LogP contribution in [0.15, 0.2) is 200 Å². The van der Waals surface area contributed by atoms with Crippen LogP contribution in [0, 0.1) is 0 Å². The van der Waals surface area contributed by atoms with Gasteiger partial charge in [-0.05, 0) is 147 Å². The first-order valence-corrected chi connectivity index (χ1v) is 19.8. The van der Waals surface area contributed by atoms with Crippen LogP contribution in [0.5, 0.6) is 0 Å². The van der Waals surface area contributed by atoms with Gasteiger partial charge in [-0.2, -0.15) is 0 Å². The molecule has 11 rings (SSSR count). The number of pyridine rings is 1. The van der Waals surface area contributed by atoms with Gasteiger partial charge in [-0.3, -0.25) is 4.98 Å². The highest BCUT2D eigenvalue weighted by atomic mass is 14.6. The summed E-state index contributed by atoms with van der Waals surface area (Å²) >= 11 is 0. The molecule has 0 saturated carbocycles. The molecule has 0 N–H and O–H groups in total. The van der Waals surface area contributed by atoms with Crippen LogP contribution in [0.2, 0.25) is 0 Å². The summed E-state index contributed by atoms with van der Waals surface area (Å²) < 4.78 is 0. The molecule has 0 saturated heterocycles. The fourth-order valence-electron chi connectivity index (χ4n) is 9.39. The molecule has 0 bridgehead atoms. The number of hydrogen-bond acceptors (Lipinski definition) is 1. The molecule has 0 radical (unpaired) electrons. The fourth-order valence-corrected chi connectivity index (χ4v) is 9.39. The summed E-state index contributed by atoms with van der Waals surface area (Å²) in [5.74, 6) is 0. The van der Waals surface area contributed by atoms with E-state index in [1.807, 2.05) is 12.4 Å². The van der Waals surface area contributed by atoms with Crippen LogP contribution in [0.1, 0.15) is 25.0 Å². The minimum atomic E-state index is 0.00805. The van der Waals surface area contributed by atoms with Gasteiger partial charge in [0.05, 0.1) is 0 Å². The first kappa shape index (κ1) is 33.3. The Morgan fingerprint density at radius 2 is 0.719 bits per heavy atom. The van der Waals surface area contributed by atoms with Crippen LogP contribution in [0.25, 0.3) is 99.1 Å². The van der Waals surface area contributed by atoms with Crippen LogP contribution < -0.4 is 0 Å². The van der Waals surface area contributed by atoms with E-state index in [9.17, 15) is 0 Å². The van der Waals surface area contributed by atoms with Crippen molar-refractivity contribution in [2.75, 3.05) is 0 Å². The smallest absolute Gasteiger partial charge is 0.0352 e. The second-order valence-electron chi connectivity index (χ2n) is 16.0. The van der Waals surface area contributed by atoms with E-state index >= 15 is 0 Å². The van der Waals surface area contributed by atoms with E-state index in [1.165, 1.54) is 110 Å². The van der Waals surface area contributed by atoms with Crippen LogP contribution in [0.3, 0.4) is 0 Å². The summed E-state index contributed by atoms with van der Waals surface area (Å²) in [5, 5.41) is 7.45. The van der Waals surface area contributed by atoms with Gasteiger partial charge in [0.15, 0.2) is 0 Å². The first-order chi connectivity index (χ1) is 28.0. The second kappa shape index (κ2) is 13.0. The average molecular weight is 726 g/mol. The lowest BCUT2D eigenvalue weighted by atomic mass is 9.82. The first-order valence-electron chi connectivity index (χ1n) is 19.8. The molecule has 1 aromatic heterocycles. The summed E-state index contributed by atoms with van der Waals surface area (Å²) in [7, 11) is 0. The molecule has 0 fully saturated rings. The highest BCUT2D eigenvalue weighted by molar-refractivity contribution is 6.25. The molecule has 0 atom stereocenters. The van der Waals surface area contributed by atoms with E-state index in [-0.39, 0.29) is 5.41 Å². The number of benzene rings is 9. The van der Waals surface area contributed by atoms with Crippen LogP contribution in [0.4, 0.5) is 0 Å². The van der Waals surface area contributed by atoms with Gasteiger partial charge >= 0.3 is 0 Å². The van der Waals surface area contributed by atoms with E-state index in [2.05, 4.69) is 207 Å². The van der Waals surface area contributed by atoms with Gasteiger partial charge in [0.25, 0.3) is 0 Å². The summed E-state index contributed by atoms with van der Waals surface area (Å²) in [6.45, 7) is 4.68. The highest BCUT2D eigenvalue weighted by Gasteiger charge is 2.35. The lowest BCUT2D eigenvalue weighted by Crippen LogP contribution is -2.14. The number of rotatable bonds is 5. The maximum Gasteiger partial charge on any atom is 0.0352 e. The fraction of sp³-hybridized carbons (Fsp3) is 0.0536. The molecular formula is C56H39N. The molecule has 10 aromatic rings. The van der Waals surface area contributed by atoms with Crippen molar-refractivity contribution in [3.63, 3.8) is 0 Å². The Morgan fingerprint density at radius 1 is 0.298 bits per heavy atom. The van der Waals surface area contributed by atoms with Crippen molar-refractivity contribution in [3.8, 4) is 66.8 Å². The van der Waals surface area contributed by atoms with E-state index in [1.54, 1.807) is 0 Å². The zero-order chi connectivity index (χ0) is 38.1. The minimum Gasteiger partial charge on any atom is -0.264 e. The number of aromatic nitrogens is 1. The van der Waals surface area contributed by atoms with E-state index < -0.39 is 0 Å². The summed E-state index contributed by atoms with van der Waals surface area (Å²) in [5.41, 5.74) is 17.6. The van der Waals surface area contributed by atoms with Crippen molar-refractivity contribution in [2.24, 2.45) is 0 Å². The van der Waals surface area contributed by atoms with Crippen molar-refractivity contribution in [3.05, 3.63) is 212 Å². The molecule has 0 spiro atoms. The van der Waals surface area contributed by atoms with Crippen LogP contribution >= 0.6 is 0 Å². The lowest BCUT2D eigenvalue weighted by molar-refractivity contribution is 0.660. The average Bonchev–Trinajstić information content (AvgIpc) is 3.51. The molecule has 1 heterocycles. The third-order valence-corrected chi connectivity index (χ3v) is 12.3. The quantitative estimate of drug-likeness (QED) is 0.161. The minimum absolute atomic E-state index is 0.00805. The number of hydrogen-bond donors (Lipinski definition) is 0. The predicted molar refractivity (Wildman–Crippen MR) is 241 cm³/mol. The molecule has 57 heavy (non-hydrogen) atoms. The second-order valence-corrected chi connectivity index (χ2v) is 16.0. The monoisotopic (exact) mass is 725 g/mol. The Morgan fingerprint density at radius 3 is 1.30 bits per heavy atom. The number of fused-ring (bicyclic) bond motifs is 9. The standard InChI is InChI=1S/C56H39N/c1-56(2)54-22-6-5-21-50(54)52-34-45(24-26-55(52)56)43-18-10-16-41(32-43)39-14-8-12-37(30-39)36-11-7-13-38(29-36)40-15-9-17-42(31-40)44-23-25-48-51(33-44)47-20-4-3-19-46(47)49-27-28-57-35-53(48)49/h3-35H,1-2H3. The molecule has 1 aliphatic carbocycles. The van der Waals surface area contributed by atoms with Crippen molar-refractivity contribution in [1.82, 2.24) is 4.98 Å². The number of nitrogens with zero attached hydrogens (tertiary/aromatic N) is 1. The molecule has 1 aliphatic rings. The summed E-state index contributed by atoms with van der Waals surface area (Å²) in [6.07, 6.45) is 3.89. The Hall–Kier alpha value is -7.09. The predicted octanol–water partition coefficient (Wildman–Crippen LogP) is 15.2. The highest BCUT2D eigenvalue weighted by Crippen LogP contribution is 2.49. The maximum absolute atomic E-state index is 4.48. The van der Waals surface area contributed by atoms with Gasteiger partial charge in [-0.15, -0.1) is 0 Å². The van der Waals surface area contributed by atoms with Gasteiger partial charge in [0.2, 0.25) is 0 Å². The van der Waals surface area contributed by atoms with Gasteiger partial charge in [0, 0.05) is 23.2 Å².